The fourth-order valence-corrected chi connectivity index (χ4v) is 3.11. The first kappa shape index (κ1) is 18.9. The van der Waals surface area contributed by atoms with E-state index in [1.165, 1.54) is 26.1 Å². The number of nitrogens with one attached hydrogen (secondary N) is 1. The fraction of sp³-hybridized carbons (Fsp3) is 0.261. The predicted octanol–water partition coefficient (Wildman–Crippen LogP) is 4.37. The number of ether oxygens (including phenoxy) is 2. The summed E-state index contributed by atoms with van der Waals surface area (Å²) in [6.07, 6.45) is 3.96. The lowest BCUT2D eigenvalue weighted by molar-refractivity contribution is 0.0600. The van der Waals surface area contributed by atoms with E-state index in [0.29, 0.717) is 22.7 Å². The third-order valence-electron chi connectivity index (χ3n) is 5.07. The molecule has 29 heavy (non-hydrogen) atoms. The number of rotatable bonds is 6. The van der Waals surface area contributed by atoms with Crippen molar-refractivity contribution in [3.8, 4) is 5.75 Å². The van der Waals surface area contributed by atoms with Gasteiger partial charge in [0.25, 0.3) is 5.91 Å². The van der Waals surface area contributed by atoms with Crippen molar-refractivity contribution in [3.05, 3.63) is 65.4 Å². The number of amides is 1. The minimum absolute atomic E-state index is 0.202. The van der Waals surface area contributed by atoms with Crippen LogP contribution in [0.15, 0.2) is 48.7 Å². The highest BCUT2D eigenvalue weighted by atomic mass is 16.5. The number of hydrogen-bond donors (Lipinski definition) is 1. The Morgan fingerprint density at radius 3 is 2.55 bits per heavy atom. The van der Waals surface area contributed by atoms with E-state index in [4.69, 9.17) is 9.47 Å². The summed E-state index contributed by atoms with van der Waals surface area (Å²) in [7, 11) is 1.34. The minimum Gasteiger partial charge on any atom is -0.493 e. The van der Waals surface area contributed by atoms with Gasteiger partial charge >= 0.3 is 5.97 Å². The van der Waals surface area contributed by atoms with Gasteiger partial charge in [0.15, 0.2) is 0 Å². The van der Waals surface area contributed by atoms with Crippen LogP contribution < -0.4 is 10.1 Å². The van der Waals surface area contributed by atoms with Crippen molar-refractivity contribution >= 4 is 28.5 Å². The highest BCUT2D eigenvalue weighted by Gasteiger charge is 2.22. The van der Waals surface area contributed by atoms with Crippen LogP contribution in [-0.2, 0) is 4.74 Å². The Kier molecular flexibility index (Phi) is 5.16. The minimum atomic E-state index is -0.431. The lowest BCUT2D eigenvalue weighted by Crippen LogP contribution is -2.13. The number of carbonyl (C=O) groups is 2. The number of esters is 1. The van der Waals surface area contributed by atoms with E-state index in [1.807, 2.05) is 31.2 Å². The van der Waals surface area contributed by atoms with Crippen LogP contribution in [0.1, 0.15) is 39.1 Å². The molecule has 1 aliphatic rings. The smallest absolute Gasteiger partial charge is 0.339 e. The molecule has 1 amide bonds. The summed E-state index contributed by atoms with van der Waals surface area (Å²) in [5.41, 5.74) is 3.17. The second-order valence-corrected chi connectivity index (χ2v) is 7.26. The Morgan fingerprint density at radius 1 is 1.10 bits per heavy atom. The van der Waals surface area contributed by atoms with Crippen LogP contribution in [0.25, 0.3) is 10.9 Å². The van der Waals surface area contributed by atoms with Gasteiger partial charge in [-0.2, -0.15) is 0 Å². The van der Waals surface area contributed by atoms with E-state index in [1.54, 1.807) is 18.2 Å². The molecule has 1 aliphatic carbocycles. The summed E-state index contributed by atoms with van der Waals surface area (Å²) < 4.78 is 10.4. The van der Waals surface area contributed by atoms with Gasteiger partial charge in [-0.05, 0) is 67.6 Å². The van der Waals surface area contributed by atoms with Crippen molar-refractivity contribution < 1.29 is 19.1 Å². The second-order valence-electron chi connectivity index (χ2n) is 7.26. The first-order valence-electron chi connectivity index (χ1n) is 9.57. The number of carbonyl (C=O) groups excluding carboxylic acids is 2. The average Bonchev–Trinajstić information content (AvgIpc) is 3.58. The Morgan fingerprint density at radius 2 is 1.86 bits per heavy atom. The molecule has 3 aromatic rings. The summed E-state index contributed by atoms with van der Waals surface area (Å²) in [5, 5.41) is 3.74. The molecule has 0 atom stereocenters. The van der Waals surface area contributed by atoms with E-state index in [0.717, 1.165) is 28.8 Å². The number of methoxy groups -OCH3 is 1. The van der Waals surface area contributed by atoms with E-state index < -0.39 is 5.97 Å². The maximum atomic E-state index is 12.6. The maximum absolute atomic E-state index is 12.6. The van der Waals surface area contributed by atoms with Crippen LogP contribution in [-0.4, -0.2) is 30.6 Å². The molecule has 0 saturated heterocycles. The van der Waals surface area contributed by atoms with Crippen LogP contribution >= 0.6 is 0 Å². The molecule has 0 unspecified atom stereocenters. The Labute approximate surface area is 168 Å². The molecule has 2 aromatic carbocycles. The lowest BCUT2D eigenvalue weighted by atomic mass is 10.1. The number of anilines is 1. The van der Waals surface area contributed by atoms with Gasteiger partial charge in [-0.15, -0.1) is 0 Å². The Hall–Kier alpha value is -3.41. The number of fused-ring (bicyclic) bond motifs is 1. The lowest BCUT2D eigenvalue weighted by Gasteiger charge is -2.12. The molecule has 1 heterocycles. The Bertz CT molecular complexity index is 1070. The molecule has 0 radical (unpaired) electrons. The second kappa shape index (κ2) is 7.91. The molecule has 6 heteroatoms. The highest BCUT2D eigenvalue weighted by molar-refractivity contribution is 6.06. The molecular formula is C23H22N2O4. The zero-order valence-corrected chi connectivity index (χ0v) is 16.4. The van der Waals surface area contributed by atoms with E-state index in [9.17, 15) is 9.59 Å². The SMILES string of the molecule is COC(=O)c1cnc2c(C)c(NC(=O)c3ccc(OCC4CC4)cc3)ccc2c1. The molecule has 148 valence electrons. The van der Waals surface area contributed by atoms with Crippen LogP contribution in [0.2, 0.25) is 0 Å². The zero-order chi connectivity index (χ0) is 20.4. The fourth-order valence-electron chi connectivity index (χ4n) is 3.11. The molecule has 1 N–H and O–H groups in total. The van der Waals surface area contributed by atoms with Gasteiger partial charge in [0.1, 0.15) is 5.75 Å². The molecule has 1 saturated carbocycles. The van der Waals surface area contributed by atoms with Crippen LogP contribution in [0.5, 0.6) is 5.75 Å². The molecule has 4 rings (SSSR count). The molecule has 0 spiro atoms. The van der Waals surface area contributed by atoms with Gasteiger partial charge in [-0.25, -0.2) is 4.79 Å². The predicted molar refractivity (Wildman–Crippen MR) is 110 cm³/mol. The number of hydrogen-bond acceptors (Lipinski definition) is 5. The van der Waals surface area contributed by atoms with Crippen molar-refractivity contribution in [2.75, 3.05) is 19.0 Å². The third-order valence-corrected chi connectivity index (χ3v) is 5.07. The van der Waals surface area contributed by atoms with Gasteiger partial charge in [-0.1, -0.05) is 6.07 Å². The first-order chi connectivity index (χ1) is 14.0. The van der Waals surface area contributed by atoms with E-state index in [-0.39, 0.29) is 5.91 Å². The van der Waals surface area contributed by atoms with Crippen LogP contribution in [0, 0.1) is 12.8 Å². The van der Waals surface area contributed by atoms with Crippen LogP contribution in [0.3, 0.4) is 0 Å². The van der Waals surface area contributed by atoms with Gasteiger partial charge in [-0.3, -0.25) is 9.78 Å². The van der Waals surface area contributed by atoms with E-state index in [2.05, 4.69) is 10.3 Å². The monoisotopic (exact) mass is 390 g/mol. The topological polar surface area (TPSA) is 77.5 Å². The molecule has 0 aliphatic heterocycles. The zero-order valence-electron chi connectivity index (χ0n) is 16.4. The largest absolute Gasteiger partial charge is 0.493 e. The van der Waals surface area contributed by atoms with Crippen molar-refractivity contribution in [2.24, 2.45) is 5.92 Å². The van der Waals surface area contributed by atoms with Crippen molar-refractivity contribution in [2.45, 2.75) is 19.8 Å². The van der Waals surface area contributed by atoms with Gasteiger partial charge in [0, 0.05) is 22.8 Å². The average molecular weight is 390 g/mol. The van der Waals surface area contributed by atoms with Crippen molar-refractivity contribution in [3.63, 3.8) is 0 Å². The number of benzene rings is 2. The number of aromatic nitrogens is 1. The maximum Gasteiger partial charge on any atom is 0.339 e. The molecule has 1 aromatic heterocycles. The summed E-state index contributed by atoms with van der Waals surface area (Å²) in [5.74, 6) is 0.832. The summed E-state index contributed by atoms with van der Waals surface area (Å²) in [6, 6.07) is 12.5. The first-order valence-corrected chi connectivity index (χ1v) is 9.57. The number of nitrogens with zero attached hydrogens (tertiary/aromatic N) is 1. The summed E-state index contributed by atoms with van der Waals surface area (Å²) in [6.45, 7) is 2.63. The quantitative estimate of drug-likeness (QED) is 0.633. The molecule has 1 fully saturated rings. The summed E-state index contributed by atoms with van der Waals surface area (Å²) in [4.78, 5) is 28.7. The number of aryl methyl sites for hydroxylation is 1. The standard InChI is InChI=1S/C23H22N2O4/c1-14-20(10-7-17-11-18(23(27)28-2)12-24-21(14)17)25-22(26)16-5-8-19(9-6-16)29-13-15-3-4-15/h5-12,15H,3-4,13H2,1-2H3,(H,25,26). The van der Waals surface area contributed by atoms with Gasteiger partial charge in [0.2, 0.25) is 0 Å². The van der Waals surface area contributed by atoms with E-state index >= 15 is 0 Å². The van der Waals surface area contributed by atoms with Gasteiger partial charge in [0.05, 0.1) is 24.8 Å². The molecule has 0 bridgehead atoms. The molecular weight excluding hydrogens is 368 g/mol. The van der Waals surface area contributed by atoms with Crippen molar-refractivity contribution in [1.82, 2.24) is 4.98 Å². The highest BCUT2D eigenvalue weighted by Crippen LogP contribution is 2.29. The van der Waals surface area contributed by atoms with Gasteiger partial charge < -0.3 is 14.8 Å². The summed E-state index contributed by atoms with van der Waals surface area (Å²) >= 11 is 0. The van der Waals surface area contributed by atoms with Crippen LogP contribution in [0.4, 0.5) is 5.69 Å². The Balaban J connectivity index is 1.49. The normalized spacial score (nSPS) is 13.2. The number of pyridine rings is 1. The third kappa shape index (κ3) is 4.21. The van der Waals surface area contributed by atoms with Crippen molar-refractivity contribution in [1.29, 1.82) is 0 Å². The molecule has 6 nitrogen and oxygen atoms in total.